The molecule has 3 rings (SSSR count). The minimum atomic E-state index is -0.398. The largest absolute Gasteiger partial charge is 0.497 e. The number of nitrogens with one attached hydrogen (secondary N) is 1. The zero-order chi connectivity index (χ0) is 18.7. The first-order valence-electron chi connectivity index (χ1n) is 9.09. The number of carbonyl (C=O) groups excluding carboxylic acids is 1. The van der Waals surface area contributed by atoms with Gasteiger partial charge in [-0.15, -0.1) is 0 Å². The number of hydrogen-bond acceptors (Lipinski definition) is 5. The lowest BCUT2D eigenvalue weighted by Crippen LogP contribution is -2.51. The Morgan fingerprint density at radius 3 is 2.73 bits per heavy atom. The summed E-state index contributed by atoms with van der Waals surface area (Å²) in [6.45, 7) is 2.34. The molecule has 0 aliphatic heterocycles. The zero-order valence-electron chi connectivity index (χ0n) is 15.4. The highest BCUT2D eigenvalue weighted by Crippen LogP contribution is 2.29. The molecule has 1 heterocycles. The van der Waals surface area contributed by atoms with Gasteiger partial charge in [0.25, 0.3) is 0 Å². The molecule has 1 saturated carbocycles. The summed E-state index contributed by atoms with van der Waals surface area (Å²) < 4.78 is 10.6. The number of fused-ring (bicyclic) bond motifs is 1. The molecular weight excluding hydrogens is 332 g/mol. The molecule has 1 aliphatic rings. The molecule has 0 spiro atoms. The van der Waals surface area contributed by atoms with Crippen LogP contribution in [0.4, 0.5) is 0 Å². The normalized spacial score (nSPS) is 16.0. The summed E-state index contributed by atoms with van der Waals surface area (Å²) in [6.07, 6.45) is 4.63. The smallest absolute Gasteiger partial charge is 0.339 e. The fourth-order valence-electron chi connectivity index (χ4n) is 3.82. The van der Waals surface area contributed by atoms with Crippen molar-refractivity contribution < 1.29 is 13.9 Å². The van der Waals surface area contributed by atoms with Crippen LogP contribution in [0.1, 0.15) is 43.2 Å². The second-order valence-corrected chi connectivity index (χ2v) is 7.09. The highest BCUT2D eigenvalue weighted by Gasteiger charge is 2.33. The predicted octanol–water partition coefficient (Wildman–Crippen LogP) is 2.43. The maximum atomic E-state index is 12.4. The summed E-state index contributed by atoms with van der Waals surface area (Å²) in [4.78, 5) is 24.8. The third-order valence-electron chi connectivity index (χ3n) is 5.45. The third-order valence-corrected chi connectivity index (χ3v) is 5.45. The minimum Gasteiger partial charge on any atom is -0.497 e. The van der Waals surface area contributed by atoms with Gasteiger partial charge in [0.15, 0.2) is 0 Å². The van der Waals surface area contributed by atoms with Gasteiger partial charge in [0.1, 0.15) is 11.3 Å². The van der Waals surface area contributed by atoms with E-state index < -0.39 is 5.63 Å². The Labute approximate surface area is 152 Å². The molecule has 6 nitrogen and oxygen atoms in total. The van der Waals surface area contributed by atoms with Crippen molar-refractivity contribution in [3.63, 3.8) is 0 Å². The van der Waals surface area contributed by atoms with E-state index in [1.165, 1.54) is 0 Å². The van der Waals surface area contributed by atoms with Crippen LogP contribution < -0.4 is 21.4 Å². The molecule has 140 valence electrons. The van der Waals surface area contributed by atoms with Gasteiger partial charge in [-0.3, -0.25) is 4.79 Å². The maximum absolute atomic E-state index is 12.4. The van der Waals surface area contributed by atoms with Crippen LogP contribution in [-0.4, -0.2) is 25.1 Å². The Bertz CT molecular complexity index is 866. The summed E-state index contributed by atoms with van der Waals surface area (Å²) >= 11 is 0. The van der Waals surface area contributed by atoms with E-state index in [1.807, 2.05) is 19.1 Å². The molecule has 3 N–H and O–H groups in total. The van der Waals surface area contributed by atoms with Gasteiger partial charge in [0.2, 0.25) is 5.91 Å². The molecule has 2 aromatic rings. The molecule has 1 aromatic carbocycles. The fourth-order valence-corrected chi connectivity index (χ4v) is 3.82. The number of methoxy groups -OCH3 is 1. The van der Waals surface area contributed by atoms with E-state index in [4.69, 9.17) is 14.9 Å². The standard InChI is InChI=1S/C20H26N2O4/c1-13-15-6-5-14(25-2)11-17(15)26-19(24)16(13)7-8-18(23)22-20(12-21)9-3-4-10-20/h5-6,11H,3-4,7-10,12,21H2,1-2H3,(H,22,23). The summed E-state index contributed by atoms with van der Waals surface area (Å²) in [5.74, 6) is 0.571. The number of aryl methyl sites for hydroxylation is 1. The second-order valence-electron chi connectivity index (χ2n) is 7.09. The molecular formula is C20H26N2O4. The van der Waals surface area contributed by atoms with Crippen molar-refractivity contribution in [2.24, 2.45) is 5.73 Å². The Hall–Kier alpha value is -2.34. The minimum absolute atomic E-state index is 0.0639. The summed E-state index contributed by atoms with van der Waals surface area (Å²) in [7, 11) is 1.57. The first-order chi connectivity index (χ1) is 12.5. The topological polar surface area (TPSA) is 94.6 Å². The van der Waals surface area contributed by atoms with Crippen LogP contribution in [0.5, 0.6) is 5.75 Å². The summed E-state index contributed by atoms with van der Waals surface area (Å²) in [5.41, 5.74) is 7.09. The van der Waals surface area contributed by atoms with Gasteiger partial charge < -0.3 is 20.2 Å². The predicted molar refractivity (Wildman–Crippen MR) is 100 cm³/mol. The molecule has 1 aromatic heterocycles. The number of carbonyl (C=O) groups is 1. The second kappa shape index (κ2) is 7.50. The molecule has 1 aliphatic carbocycles. The maximum Gasteiger partial charge on any atom is 0.339 e. The Kier molecular flexibility index (Phi) is 5.32. The van der Waals surface area contributed by atoms with Crippen LogP contribution in [0, 0.1) is 6.92 Å². The average Bonchev–Trinajstić information content (AvgIpc) is 3.09. The van der Waals surface area contributed by atoms with Crippen LogP contribution in [0.3, 0.4) is 0 Å². The molecule has 0 saturated heterocycles. The van der Waals surface area contributed by atoms with Crippen molar-refractivity contribution in [1.82, 2.24) is 5.32 Å². The van der Waals surface area contributed by atoms with E-state index in [0.29, 0.717) is 29.9 Å². The Morgan fingerprint density at radius 1 is 1.35 bits per heavy atom. The van der Waals surface area contributed by atoms with Gasteiger partial charge >= 0.3 is 5.63 Å². The Balaban J connectivity index is 1.76. The quantitative estimate of drug-likeness (QED) is 0.774. The lowest BCUT2D eigenvalue weighted by Gasteiger charge is -2.28. The van der Waals surface area contributed by atoms with Crippen LogP contribution in [0.25, 0.3) is 11.0 Å². The first-order valence-corrected chi connectivity index (χ1v) is 9.09. The summed E-state index contributed by atoms with van der Waals surface area (Å²) in [6, 6.07) is 5.40. The average molecular weight is 358 g/mol. The monoisotopic (exact) mass is 358 g/mol. The lowest BCUT2D eigenvalue weighted by molar-refractivity contribution is -0.122. The van der Waals surface area contributed by atoms with Gasteiger partial charge in [-0.1, -0.05) is 12.8 Å². The molecule has 0 unspecified atom stereocenters. The highest BCUT2D eigenvalue weighted by atomic mass is 16.5. The molecule has 0 bridgehead atoms. The molecule has 26 heavy (non-hydrogen) atoms. The van der Waals surface area contributed by atoms with Crippen molar-refractivity contribution in [3.05, 3.63) is 39.7 Å². The first kappa shape index (κ1) is 18.5. The number of amides is 1. The molecule has 1 fully saturated rings. The van der Waals surface area contributed by atoms with Crippen LogP contribution >= 0.6 is 0 Å². The number of benzene rings is 1. The van der Waals surface area contributed by atoms with Crippen LogP contribution in [-0.2, 0) is 11.2 Å². The van der Waals surface area contributed by atoms with E-state index in [-0.39, 0.29) is 17.9 Å². The van der Waals surface area contributed by atoms with Gasteiger partial charge in [-0.05, 0) is 43.9 Å². The van der Waals surface area contributed by atoms with Crippen molar-refractivity contribution >= 4 is 16.9 Å². The summed E-state index contributed by atoms with van der Waals surface area (Å²) in [5, 5.41) is 3.95. The van der Waals surface area contributed by atoms with Gasteiger partial charge in [0.05, 0.1) is 12.6 Å². The molecule has 0 radical (unpaired) electrons. The molecule has 0 atom stereocenters. The van der Waals surface area contributed by atoms with Gasteiger partial charge in [-0.25, -0.2) is 4.79 Å². The van der Waals surface area contributed by atoms with Crippen LogP contribution in [0.2, 0.25) is 0 Å². The van der Waals surface area contributed by atoms with Crippen molar-refractivity contribution in [1.29, 1.82) is 0 Å². The Morgan fingerprint density at radius 2 is 2.08 bits per heavy atom. The molecule has 1 amide bonds. The van der Waals surface area contributed by atoms with Crippen molar-refractivity contribution in [2.45, 2.75) is 51.0 Å². The number of nitrogens with two attached hydrogens (primary N) is 1. The van der Waals surface area contributed by atoms with E-state index in [2.05, 4.69) is 5.32 Å². The SMILES string of the molecule is COc1ccc2c(C)c(CCC(=O)NC3(CN)CCCC3)c(=O)oc2c1. The fraction of sp³-hybridized carbons (Fsp3) is 0.500. The number of hydrogen-bond donors (Lipinski definition) is 2. The molecule has 6 heteroatoms. The van der Waals surface area contributed by atoms with E-state index in [0.717, 1.165) is 36.6 Å². The number of rotatable bonds is 6. The third kappa shape index (κ3) is 3.60. The van der Waals surface area contributed by atoms with E-state index in [9.17, 15) is 9.59 Å². The number of ether oxygens (including phenoxy) is 1. The van der Waals surface area contributed by atoms with Crippen molar-refractivity contribution in [3.8, 4) is 5.75 Å². The van der Waals surface area contributed by atoms with E-state index >= 15 is 0 Å². The van der Waals surface area contributed by atoms with E-state index in [1.54, 1.807) is 13.2 Å². The van der Waals surface area contributed by atoms with Crippen molar-refractivity contribution in [2.75, 3.05) is 13.7 Å². The van der Waals surface area contributed by atoms with Gasteiger partial charge in [0, 0.05) is 30.0 Å². The zero-order valence-corrected chi connectivity index (χ0v) is 15.4. The lowest BCUT2D eigenvalue weighted by atomic mass is 9.97. The van der Waals surface area contributed by atoms with Gasteiger partial charge in [-0.2, -0.15) is 0 Å². The van der Waals surface area contributed by atoms with Crippen LogP contribution in [0.15, 0.2) is 27.4 Å². The highest BCUT2D eigenvalue weighted by molar-refractivity contribution is 5.83.